The first-order chi connectivity index (χ1) is 6.75. The van der Waals surface area contributed by atoms with E-state index in [1.54, 1.807) is 0 Å². The highest BCUT2D eigenvalue weighted by Gasteiger charge is 2.18. The summed E-state index contributed by atoms with van der Waals surface area (Å²) in [5.41, 5.74) is 1.17. The van der Waals surface area contributed by atoms with Crippen LogP contribution >= 0.6 is 11.3 Å². The lowest BCUT2D eigenvalue weighted by Crippen LogP contribution is -2.31. The van der Waals surface area contributed by atoms with Crippen molar-refractivity contribution in [2.45, 2.75) is 38.6 Å². The summed E-state index contributed by atoms with van der Waals surface area (Å²) < 4.78 is 0. The van der Waals surface area contributed by atoms with Gasteiger partial charge in [-0.05, 0) is 36.8 Å². The van der Waals surface area contributed by atoms with Crippen molar-refractivity contribution in [3.63, 3.8) is 0 Å². The smallest absolute Gasteiger partial charge is 0.261 e. The first-order valence-electron chi connectivity index (χ1n) is 5.12. The van der Waals surface area contributed by atoms with E-state index in [0.717, 1.165) is 17.7 Å². The Hall–Kier alpha value is -0.830. The van der Waals surface area contributed by atoms with E-state index in [1.807, 2.05) is 18.4 Å². The minimum atomic E-state index is 0.106. The van der Waals surface area contributed by atoms with Crippen LogP contribution in [0.3, 0.4) is 0 Å². The lowest BCUT2D eigenvalue weighted by atomic mass is 10.2. The third-order valence-corrected chi connectivity index (χ3v) is 3.69. The second-order valence-corrected chi connectivity index (χ2v) is 4.85. The Bertz CT molecular complexity index is 326. The highest BCUT2D eigenvalue weighted by Crippen LogP contribution is 2.19. The molecule has 76 valence electrons. The number of hydrogen-bond acceptors (Lipinski definition) is 2. The van der Waals surface area contributed by atoms with E-state index >= 15 is 0 Å². The van der Waals surface area contributed by atoms with Gasteiger partial charge in [-0.1, -0.05) is 12.8 Å². The molecular weight excluding hydrogens is 194 g/mol. The number of thiophene rings is 1. The standard InChI is InChI=1S/C11H15NOS/c1-8-6-10(14-7-8)11(13)12-9-4-2-3-5-9/h6-7,9H,2-5H2,1H3,(H,12,13). The monoisotopic (exact) mass is 209 g/mol. The molecule has 3 heteroatoms. The van der Waals surface area contributed by atoms with Gasteiger partial charge in [0.05, 0.1) is 4.88 Å². The first-order valence-corrected chi connectivity index (χ1v) is 5.99. The summed E-state index contributed by atoms with van der Waals surface area (Å²) in [7, 11) is 0. The fourth-order valence-corrected chi connectivity index (χ4v) is 2.68. The summed E-state index contributed by atoms with van der Waals surface area (Å²) in [6, 6.07) is 2.37. The van der Waals surface area contributed by atoms with Crippen LogP contribution in [0, 0.1) is 6.92 Å². The number of amides is 1. The van der Waals surface area contributed by atoms with E-state index in [0.29, 0.717) is 6.04 Å². The molecule has 0 saturated heterocycles. The number of hydrogen-bond donors (Lipinski definition) is 1. The van der Waals surface area contributed by atoms with Crippen molar-refractivity contribution in [2.24, 2.45) is 0 Å². The van der Waals surface area contributed by atoms with Gasteiger partial charge >= 0.3 is 0 Å². The summed E-state index contributed by atoms with van der Waals surface area (Å²) in [4.78, 5) is 12.6. The molecule has 2 nitrogen and oxygen atoms in total. The molecule has 0 aromatic carbocycles. The van der Waals surface area contributed by atoms with Crippen molar-refractivity contribution < 1.29 is 4.79 Å². The maximum absolute atomic E-state index is 11.7. The summed E-state index contributed by atoms with van der Waals surface area (Å²) in [5, 5.41) is 5.10. The van der Waals surface area contributed by atoms with Crippen molar-refractivity contribution in [3.05, 3.63) is 21.9 Å². The zero-order valence-electron chi connectivity index (χ0n) is 8.38. The molecule has 0 atom stereocenters. The average Bonchev–Trinajstić information content (AvgIpc) is 2.75. The number of rotatable bonds is 2. The number of aryl methyl sites for hydroxylation is 1. The largest absolute Gasteiger partial charge is 0.349 e. The van der Waals surface area contributed by atoms with Gasteiger partial charge in [0.1, 0.15) is 0 Å². The molecule has 2 rings (SSSR count). The molecule has 1 N–H and O–H groups in total. The molecule has 0 unspecified atom stereocenters. The normalized spacial score (nSPS) is 17.2. The van der Waals surface area contributed by atoms with Crippen LogP contribution in [0.5, 0.6) is 0 Å². The molecule has 1 aliphatic carbocycles. The molecule has 0 aliphatic heterocycles. The van der Waals surface area contributed by atoms with Gasteiger partial charge in [-0.15, -0.1) is 11.3 Å². The van der Waals surface area contributed by atoms with Crippen LogP contribution in [0.15, 0.2) is 11.4 Å². The predicted molar refractivity (Wildman–Crippen MR) is 58.8 cm³/mol. The number of carbonyl (C=O) groups is 1. The minimum absolute atomic E-state index is 0.106. The van der Waals surface area contributed by atoms with Crippen LogP contribution in [-0.4, -0.2) is 11.9 Å². The Morgan fingerprint density at radius 1 is 1.50 bits per heavy atom. The Kier molecular flexibility index (Phi) is 2.87. The molecular formula is C11H15NOS. The lowest BCUT2D eigenvalue weighted by molar-refractivity contribution is 0.0942. The Labute approximate surface area is 88.3 Å². The SMILES string of the molecule is Cc1csc(C(=O)NC2CCCC2)c1. The van der Waals surface area contributed by atoms with Crippen LogP contribution in [0.4, 0.5) is 0 Å². The second kappa shape index (κ2) is 4.13. The maximum Gasteiger partial charge on any atom is 0.261 e. The Morgan fingerprint density at radius 3 is 2.79 bits per heavy atom. The molecule has 1 aromatic rings. The average molecular weight is 209 g/mol. The fraction of sp³-hybridized carbons (Fsp3) is 0.545. The van der Waals surface area contributed by atoms with Gasteiger partial charge in [0.15, 0.2) is 0 Å². The van der Waals surface area contributed by atoms with Crippen molar-refractivity contribution in [1.29, 1.82) is 0 Å². The fourth-order valence-electron chi connectivity index (χ4n) is 1.88. The molecule has 1 aromatic heterocycles. The highest BCUT2D eigenvalue weighted by molar-refractivity contribution is 7.12. The van der Waals surface area contributed by atoms with E-state index < -0.39 is 0 Å². The zero-order chi connectivity index (χ0) is 9.97. The summed E-state index contributed by atoms with van der Waals surface area (Å²) >= 11 is 1.53. The molecule has 1 fully saturated rings. The molecule has 1 heterocycles. The summed E-state index contributed by atoms with van der Waals surface area (Å²) in [5.74, 6) is 0.106. The summed E-state index contributed by atoms with van der Waals surface area (Å²) in [6.45, 7) is 2.02. The van der Waals surface area contributed by atoms with Crippen molar-refractivity contribution in [3.8, 4) is 0 Å². The van der Waals surface area contributed by atoms with Crippen LogP contribution in [0.25, 0.3) is 0 Å². The number of nitrogens with one attached hydrogen (secondary N) is 1. The summed E-state index contributed by atoms with van der Waals surface area (Å²) in [6.07, 6.45) is 4.81. The highest BCUT2D eigenvalue weighted by atomic mass is 32.1. The maximum atomic E-state index is 11.7. The lowest BCUT2D eigenvalue weighted by Gasteiger charge is -2.10. The van der Waals surface area contributed by atoms with Gasteiger partial charge in [-0.25, -0.2) is 0 Å². The third kappa shape index (κ3) is 2.15. The van der Waals surface area contributed by atoms with Crippen molar-refractivity contribution >= 4 is 17.2 Å². The van der Waals surface area contributed by atoms with Gasteiger partial charge in [0, 0.05) is 6.04 Å². The zero-order valence-corrected chi connectivity index (χ0v) is 9.19. The molecule has 1 amide bonds. The first kappa shape index (κ1) is 9.71. The van der Waals surface area contributed by atoms with Gasteiger partial charge in [0.2, 0.25) is 0 Å². The van der Waals surface area contributed by atoms with Crippen LogP contribution in [0.2, 0.25) is 0 Å². The molecule has 0 bridgehead atoms. The third-order valence-electron chi connectivity index (χ3n) is 2.64. The van der Waals surface area contributed by atoms with E-state index in [1.165, 1.54) is 29.7 Å². The molecule has 0 radical (unpaired) electrons. The van der Waals surface area contributed by atoms with Crippen molar-refractivity contribution in [2.75, 3.05) is 0 Å². The topological polar surface area (TPSA) is 29.1 Å². The second-order valence-electron chi connectivity index (χ2n) is 3.94. The molecule has 1 saturated carbocycles. The minimum Gasteiger partial charge on any atom is -0.349 e. The molecule has 0 spiro atoms. The van der Waals surface area contributed by atoms with Crippen LogP contribution in [-0.2, 0) is 0 Å². The van der Waals surface area contributed by atoms with Gasteiger partial charge in [-0.2, -0.15) is 0 Å². The van der Waals surface area contributed by atoms with Crippen molar-refractivity contribution in [1.82, 2.24) is 5.32 Å². The van der Waals surface area contributed by atoms with E-state index in [4.69, 9.17) is 0 Å². The number of carbonyl (C=O) groups excluding carboxylic acids is 1. The van der Waals surface area contributed by atoms with Crippen LogP contribution in [0.1, 0.15) is 40.9 Å². The van der Waals surface area contributed by atoms with E-state index in [-0.39, 0.29) is 5.91 Å². The molecule has 1 aliphatic rings. The van der Waals surface area contributed by atoms with Gasteiger partial charge < -0.3 is 5.32 Å². The van der Waals surface area contributed by atoms with Gasteiger partial charge in [-0.3, -0.25) is 4.79 Å². The Balaban J connectivity index is 1.95. The predicted octanol–water partition coefficient (Wildman–Crippen LogP) is 2.73. The quantitative estimate of drug-likeness (QED) is 0.797. The van der Waals surface area contributed by atoms with E-state index in [2.05, 4.69) is 5.32 Å². The van der Waals surface area contributed by atoms with Gasteiger partial charge in [0.25, 0.3) is 5.91 Å². The van der Waals surface area contributed by atoms with E-state index in [9.17, 15) is 4.79 Å². The Morgan fingerprint density at radius 2 is 2.21 bits per heavy atom. The molecule has 14 heavy (non-hydrogen) atoms. The van der Waals surface area contributed by atoms with Crippen LogP contribution < -0.4 is 5.32 Å².